The van der Waals surface area contributed by atoms with Crippen molar-refractivity contribution < 1.29 is 0 Å². The van der Waals surface area contributed by atoms with Gasteiger partial charge < -0.3 is 5.32 Å². The molecule has 1 aliphatic carbocycles. The van der Waals surface area contributed by atoms with Gasteiger partial charge in [0.1, 0.15) is 0 Å². The van der Waals surface area contributed by atoms with E-state index < -0.39 is 0 Å². The van der Waals surface area contributed by atoms with Crippen LogP contribution in [-0.2, 0) is 6.54 Å². The molecule has 2 unspecified atom stereocenters. The van der Waals surface area contributed by atoms with E-state index in [1.165, 1.54) is 29.7 Å². The summed E-state index contributed by atoms with van der Waals surface area (Å²) in [5.74, 6) is 1.79. The fourth-order valence-corrected chi connectivity index (χ4v) is 4.71. The van der Waals surface area contributed by atoms with Crippen LogP contribution in [0.2, 0.25) is 0 Å². The van der Waals surface area contributed by atoms with Crippen LogP contribution in [0.3, 0.4) is 0 Å². The second-order valence-electron chi connectivity index (χ2n) is 5.84. The maximum Gasteiger partial charge on any atom is 0.0202 e. The molecule has 2 heteroatoms. The fourth-order valence-electron chi connectivity index (χ4n) is 3.09. The van der Waals surface area contributed by atoms with Gasteiger partial charge in [0.15, 0.2) is 0 Å². The molecule has 0 aromatic heterocycles. The largest absolute Gasteiger partial charge is 0.316 e. The number of benzene rings is 1. The summed E-state index contributed by atoms with van der Waals surface area (Å²) in [6, 6.07) is 8.98. The Morgan fingerprint density at radius 1 is 1.17 bits per heavy atom. The lowest BCUT2D eigenvalue weighted by Crippen LogP contribution is -2.21. The van der Waals surface area contributed by atoms with Crippen LogP contribution in [0.25, 0.3) is 0 Å². The third-order valence-electron chi connectivity index (χ3n) is 3.72. The predicted molar refractivity (Wildman–Crippen MR) is 81.0 cm³/mol. The van der Waals surface area contributed by atoms with E-state index >= 15 is 0 Å². The molecule has 1 aromatic rings. The van der Waals surface area contributed by atoms with E-state index in [0.717, 1.165) is 23.6 Å². The van der Waals surface area contributed by atoms with Gasteiger partial charge in [-0.15, -0.1) is 11.8 Å². The molecule has 0 spiro atoms. The van der Waals surface area contributed by atoms with Gasteiger partial charge in [-0.2, -0.15) is 0 Å². The van der Waals surface area contributed by atoms with Gasteiger partial charge in [-0.05, 0) is 55.8 Å². The first-order chi connectivity index (χ1) is 8.67. The summed E-state index contributed by atoms with van der Waals surface area (Å²) in [6.45, 7) is 5.77. The average Bonchev–Trinajstić information content (AvgIpc) is 2.28. The molecule has 0 amide bonds. The standard InChI is InChI=1S/C16H25NS/c1-12-7-13(2)9-16(8-12)18-15-6-4-5-14(10-15)11-17-3/h4-6,10,12-13,16-17H,7-9,11H2,1-3H3. The van der Waals surface area contributed by atoms with Gasteiger partial charge in [-0.25, -0.2) is 0 Å². The molecular formula is C16H25NS. The summed E-state index contributed by atoms with van der Waals surface area (Å²) >= 11 is 2.08. The first-order valence-electron chi connectivity index (χ1n) is 7.07. The normalized spacial score (nSPS) is 28.3. The topological polar surface area (TPSA) is 12.0 Å². The molecule has 0 heterocycles. The zero-order valence-corrected chi connectivity index (χ0v) is 12.6. The molecule has 0 bridgehead atoms. The Hall–Kier alpha value is -0.470. The van der Waals surface area contributed by atoms with E-state index in [1.54, 1.807) is 0 Å². The molecule has 2 rings (SSSR count). The molecule has 0 saturated heterocycles. The van der Waals surface area contributed by atoms with Gasteiger partial charge in [0.05, 0.1) is 0 Å². The SMILES string of the molecule is CNCc1cccc(SC2CC(C)CC(C)C2)c1. The molecule has 1 aromatic carbocycles. The highest BCUT2D eigenvalue weighted by Crippen LogP contribution is 2.38. The van der Waals surface area contributed by atoms with Crippen LogP contribution in [0.1, 0.15) is 38.7 Å². The Labute approximate surface area is 116 Å². The maximum atomic E-state index is 3.22. The van der Waals surface area contributed by atoms with E-state index in [9.17, 15) is 0 Å². The predicted octanol–water partition coefficient (Wildman–Crippen LogP) is 4.32. The molecule has 1 fully saturated rings. The minimum absolute atomic E-state index is 0.814. The highest BCUT2D eigenvalue weighted by molar-refractivity contribution is 8.00. The molecule has 0 radical (unpaired) electrons. The third-order valence-corrected chi connectivity index (χ3v) is 4.96. The van der Waals surface area contributed by atoms with Crippen LogP contribution in [0.15, 0.2) is 29.2 Å². The first kappa shape index (κ1) is 14.0. The Morgan fingerprint density at radius 3 is 2.56 bits per heavy atom. The molecule has 0 aliphatic heterocycles. The van der Waals surface area contributed by atoms with Crippen molar-refractivity contribution in [3.05, 3.63) is 29.8 Å². The molecule has 1 N–H and O–H groups in total. The molecule has 2 atom stereocenters. The monoisotopic (exact) mass is 263 g/mol. The van der Waals surface area contributed by atoms with Gasteiger partial charge in [0.25, 0.3) is 0 Å². The minimum atomic E-state index is 0.814. The van der Waals surface area contributed by atoms with Gasteiger partial charge >= 0.3 is 0 Å². The number of hydrogen-bond acceptors (Lipinski definition) is 2. The molecule has 1 nitrogen and oxygen atoms in total. The second kappa shape index (κ2) is 6.63. The van der Waals surface area contributed by atoms with Crippen molar-refractivity contribution in [3.63, 3.8) is 0 Å². The first-order valence-corrected chi connectivity index (χ1v) is 7.95. The summed E-state index contributed by atoms with van der Waals surface area (Å²) in [4.78, 5) is 1.44. The molecule has 1 saturated carbocycles. The number of thioether (sulfide) groups is 1. The smallest absolute Gasteiger partial charge is 0.0202 e. The van der Waals surface area contributed by atoms with E-state index in [2.05, 4.69) is 55.2 Å². The summed E-state index contributed by atoms with van der Waals surface area (Å²) in [6.07, 6.45) is 4.17. The highest BCUT2D eigenvalue weighted by atomic mass is 32.2. The quantitative estimate of drug-likeness (QED) is 0.868. The van der Waals surface area contributed by atoms with Crippen LogP contribution >= 0.6 is 11.8 Å². The molecule has 1 aliphatic rings. The van der Waals surface area contributed by atoms with Crippen LogP contribution in [-0.4, -0.2) is 12.3 Å². The summed E-state index contributed by atoms with van der Waals surface area (Å²) in [5.41, 5.74) is 1.39. The van der Waals surface area contributed by atoms with Crippen molar-refractivity contribution in [2.45, 2.75) is 49.8 Å². The van der Waals surface area contributed by atoms with Crippen LogP contribution < -0.4 is 5.32 Å². The van der Waals surface area contributed by atoms with Crippen LogP contribution in [0, 0.1) is 11.8 Å². The minimum Gasteiger partial charge on any atom is -0.316 e. The van der Waals surface area contributed by atoms with Crippen LogP contribution in [0.5, 0.6) is 0 Å². The number of nitrogens with one attached hydrogen (secondary N) is 1. The maximum absolute atomic E-state index is 3.22. The van der Waals surface area contributed by atoms with Crippen molar-refractivity contribution in [2.24, 2.45) is 11.8 Å². The zero-order valence-electron chi connectivity index (χ0n) is 11.8. The summed E-state index contributed by atoms with van der Waals surface area (Å²) in [7, 11) is 2.00. The van der Waals surface area contributed by atoms with Gasteiger partial charge in [-0.1, -0.05) is 26.0 Å². The van der Waals surface area contributed by atoms with Crippen LogP contribution in [0.4, 0.5) is 0 Å². The fraction of sp³-hybridized carbons (Fsp3) is 0.625. The number of hydrogen-bond donors (Lipinski definition) is 1. The molecular weight excluding hydrogens is 238 g/mol. The Bertz CT molecular complexity index is 367. The Balaban J connectivity index is 1.97. The highest BCUT2D eigenvalue weighted by Gasteiger charge is 2.24. The van der Waals surface area contributed by atoms with Gasteiger partial charge in [0, 0.05) is 16.7 Å². The van der Waals surface area contributed by atoms with Crippen molar-refractivity contribution in [2.75, 3.05) is 7.05 Å². The zero-order chi connectivity index (χ0) is 13.0. The lowest BCUT2D eigenvalue weighted by atomic mass is 9.83. The Kier molecular flexibility index (Phi) is 5.13. The number of rotatable bonds is 4. The van der Waals surface area contributed by atoms with Gasteiger partial charge in [0.2, 0.25) is 0 Å². The van der Waals surface area contributed by atoms with E-state index in [4.69, 9.17) is 0 Å². The van der Waals surface area contributed by atoms with Crippen molar-refractivity contribution in [3.8, 4) is 0 Å². The summed E-state index contributed by atoms with van der Waals surface area (Å²) in [5, 5.41) is 4.03. The lowest BCUT2D eigenvalue weighted by molar-refractivity contribution is 0.309. The van der Waals surface area contributed by atoms with Gasteiger partial charge in [-0.3, -0.25) is 0 Å². The van der Waals surface area contributed by atoms with E-state index in [1.807, 2.05) is 7.05 Å². The Morgan fingerprint density at radius 2 is 1.89 bits per heavy atom. The van der Waals surface area contributed by atoms with E-state index in [0.29, 0.717) is 0 Å². The van der Waals surface area contributed by atoms with E-state index in [-0.39, 0.29) is 0 Å². The molecule has 18 heavy (non-hydrogen) atoms. The lowest BCUT2D eigenvalue weighted by Gasteiger charge is -2.31. The molecule has 100 valence electrons. The van der Waals surface area contributed by atoms with Crippen molar-refractivity contribution in [1.82, 2.24) is 5.32 Å². The van der Waals surface area contributed by atoms with Crippen molar-refractivity contribution in [1.29, 1.82) is 0 Å². The third kappa shape index (κ3) is 4.03. The summed E-state index contributed by atoms with van der Waals surface area (Å²) < 4.78 is 0. The second-order valence-corrected chi connectivity index (χ2v) is 7.21. The average molecular weight is 263 g/mol. The van der Waals surface area contributed by atoms with Crippen molar-refractivity contribution >= 4 is 11.8 Å².